The van der Waals surface area contributed by atoms with E-state index < -0.39 is 11.8 Å². The van der Waals surface area contributed by atoms with Crippen LogP contribution in [0.1, 0.15) is 10.4 Å². The summed E-state index contributed by atoms with van der Waals surface area (Å²) in [5.41, 5.74) is 1.16. The number of carbonyl (C=O) groups is 2. The van der Waals surface area contributed by atoms with Gasteiger partial charge in [0.2, 0.25) is 0 Å². The van der Waals surface area contributed by atoms with Crippen molar-refractivity contribution in [2.45, 2.75) is 0 Å². The molecule has 1 aliphatic heterocycles. The largest absolute Gasteiger partial charge is 0.452 e. The molecule has 1 heterocycles. The molecule has 3 rings (SSSR count). The minimum absolute atomic E-state index is 0.211. The molecule has 0 atom stereocenters. The molecule has 0 spiro atoms. The van der Waals surface area contributed by atoms with Crippen molar-refractivity contribution in [1.29, 1.82) is 0 Å². The van der Waals surface area contributed by atoms with Gasteiger partial charge >= 0.3 is 5.97 Å². The first-order valence-electron chi connectivity index (χ1n) is 8.24. The van der Waals surface area contributed by atoms with Crippen molar-refractivity contribution in [3.63, 3.8) is 0 Å². The molecule has 0 aliphatic carbocycles. The normalized spacial score (nSPS) is 14.2. The van der Waals surface area contributed by atoms with Gasteiger partial charge in [0.25, 0.3) is 5.91 Å². The van der Waals surface area contributed by atoms with Gasteiger partial charge in [-0.15, -0.1) is 0 Å². The molecule has 2 aromatic carbocycles. The molecule has 1 amide bonds. The van der Waals surface area contributed by atoms with E-state index in [2.05, 4.69) is 4.90 Å². The first kappa shape index (κ1) is 18.2. The highest BCUT2D eigenvalue weighted by Gasteiger charge is 2.23. The number of piperazine rings is 1. The molecule has 26 heavy (non-hydrogen) atoms. The summed E-state index contributed by atoms with van der Waals surface area (Å²) < 4.78 is 17.9. The second-order valence-corrected chi connectivity index (χ2v) is 6.31. The Morgan fingerprint density at radius 2 is 1.65 bits per heavy atom. The van der Waals surface area contributed by atoms with Crippen molar-refractivity contribution < 1.29 is 18.7 Å². The Morgan fingerprint density at radius 1 is 1.00 bits per heavy atom. The number of carbonyl (C=O) groups excluding carboxylic acids is 2. The van der Waals surface area contributed by atoms with Crippen LogP contribution in [0.5, 0.6) is 0 Å². The molecule has 0 bridgehead atoms. The van der Waals surface area contributed by atoms with Crippen molar-refractivity contribution in [2.75, 3.05) is 37.7 Å². The van der Waals surface area contributed by atoms with E-state index in [1.54, 1.807) is 4.90 Å². The Hall–Kier alpha value is -2.60. The molecule has 7 heteroatoms. The van der Waals surface area contributed by atoms with Crippen LogP contribution in [-0.4, -0.2) is 49.6 Å². The van der Waals surface area contributed by atoms with Crippen molar-refractivity contribution in [2.24, 2.45) is 0 Å². The summed E-state index contributed by atoms with van der Waals surface area (Å²) in [5.74, 6) is -1.33. The number of ether oxygens (including phenoxy) is 1. The van der Waals surface area contributed by atoms with E-state index in [0.717, 1.165) is 5.69 Å². The predicted octanol–water partition coefficient (Wildman–Crippen LogP) is 2.98. The number of rotatable bonds is 4. The number of benzene rings is 2. The third-order valence-electron chi connectivity index (χ3n) is 4.23. The van der Waals surface area contributed by atoms with Crippen molar-refractivity contribution in [3.05, 3.63) is 64.9 Å². The number of halogens is 2. The summed E-state index contributed by atoms with van der Waals surface area (Å²) in [6.45, 7) is 2.03. The zero-order valence-corrected chi connectivity index (χ0v) is 14.8. The molecule has 0 saturated carbocycles. The zero-order chi connectivity index (χ0) is 18.5. The van der Waals surface area contributed by atoms with E-state index in [4.69, 9.17) is 16.3 Å². The lowest BCUT2D eigenvalue weighted by molar-refractivity contribution is -0.134. The quantitative estimate of drug-likeness (QED) is 0.770. The lowest BCUT2D eigenvalue weighted by Crippen LogP contribution is -2.50. The fourth-order valence-electron chi connectivity index (χ4n) is 2.79. The van der Waals surface area contributed by atoms with E-state index in [1.165, 1.54) is 24.3 Å². The standard InChI is InChI=1S/C19H18ClFN2O3/c20-16-3-1-2-4-17(16)22-9-11-23(12-10-22)18(24)13-26-19(25)14-5-7-15(21)8-6-14/h1-8H,9-13H2. The van der Waals surface area contributed by atoms with Gasteiger partial charge in [0.1, 0.15) is 5.82 Å². The Kier molecular flexibility index (Phi) is 5.73. The van der Waals surface area contributed by atoms with Crippen LogP contribution in [0.3, 0.4) is 0 Å². The van der Waals surface area contributed by atoms with Gasteiger partial charge < -0.3 is 14.5 Å². The van der Waals surface area contributed by atoms with E-state index in [9.17, 15) is 14.0 Å². The van der Waals surface area contributed by atoms with E-state index in [0.29, 0.717) is 31.2 Å². The summed E-state index contributed by atoms with van der Waals surface area (Å²) in [5, 5.41) is 0.681. The highest BCUT2D eigenvalue weighted by atomic mass is 35.5. The second kappa shape index (κ2) is 8.19. The fraction of sp³-hybridized carbons (Fsp3) is 0.263. The summed E-state index contributed by atoms with van der Waals surface area (Å²) in [4.78, 5) is 27.9. The van der Waals surface area contributed by atoms with E-state index >= 15 is 0 Å². The lowest BCUT2D eigenvalue weighted by atomic mass is 10.2. The number of hydrogen-bond acceptors (Lipinski definition) is 4. The third-order valence-corrected chi connectivity index (χ3v) is 4.55. The van der Waals surface area contributed by atoms with Gasteiger partial charge in [0.15, 0.2) is 6.61 Å². The molecular weight excluding hydrogens is 359 g/mol. The minimum atomic E-state index is -0.645. The first-order chi connectivity index (χ1) is 12.5. The van der Waals surface area contributed by atoms with Gasteiger partial charge in [-0.05, 0) is 36.4 Å². The van der Waals surface area contributed by atoms with Gasteiger partial charge in [-0.3, -0.25) is 4.79 Å². The maximum atomic E-state index is 12.9. The highest BCUT2D eigenvalue weighted by molar-refractivity contribution is 6.33. The lowest BCUT2D eigenvalue weighted by Gasteiger charge is -2.36. The Labute approximate surface area is 155 Å². The van der Waals surface area contributed by atoms with Gasteiger partial charge in [0.05, 0.1) is 16.3 Å². The molecule has 5 nitrogen and oxygen atoms in total. The molecule has 0 unspecified atom stereocenters. The number of esters is 1. The second-order valence-electron chi connectivity index (χ2n) is 5.90. The minimum Gasteiger partial charge on any atom is -0.452 e. The summed E-state index contributed by atoms with van der Waals surface area (Å²) in [7, 11) is 0. The molecule has 1 fully saturated rings. The summed E-state index contributed by atoms with van der Waals surface area (Å²) >= 11 is 6.21. The van der Waals surface area contributed by atoms with Crippen molar-refractivity contribution >= 4 is 29.2 Å². The number of anilines is 1. The number of para-hydroxylation sites is 1. The maximum absolute atomic E-state index is 12.9. The smallest absolute Gasteiger partial charge is 0.338 e. The van der Waals surface area contributed by atoms with Gasteiger partial charge in [0, 0.05) is 26.2 Å². The monoisotopic (exact) mass is 376 g/mol. The van der Waals surface area contributed by atoms with Crippen molar-refractivity contribution in [3.8, 4) is 0 Å². The van der Waals surface area contributed by atoms with Crippen LogP contribution in [0.4, 0.5) is 10.1 Å². The van der Waals surface area contributed by atoms with Crippen LogP contribution in [0.2, 0.25) is 5.02 Å². The third kappa shape index (κ3) is 4.32. The average molecular weight is 377 g/mol. The van der Waals surface area contributed by atoms with Crippen LogP contribution in [-0.2, 0) is 9.53 Å². The van der Waals surface area contributed by atoms with Crippen LogP contribution in [0.15, 0.2) is 48.5 Å². The fourth-order valence-corrected chi connectivity index (χ4v) is 3.05. The predicted molar refractivity (Wildman–Crippen MR) is 96.9 cm³/mol. The van der Waals surface area contributed by atoms with Crippen LogP contribution in [0.25, 0.3) is 0 Å². The van der Waals surface area contributed by atoms with Crippen molar-refractivity contribution in [1.82, 2.24) is 4.90 Å². The topological polar surface area (TPSA) is 49.9 Å². The Morgan fingerprint density at radius 3 is 2.31 bits per heavy atom. The number of amides is 1. The Balaban J connectivity index is 1.48. The van der Waals surface area contributed by atoms with E-state index in [-0.39, 0.29) is 18.1 Å². The summed E-state index contributed by atoms with van der Waals surface area (Å²) in [6.07, 6.45) is 0. The molecule has 1 saturated heterocycles. The molecular formula is C19H18ClFN2O3. The maximum Gasteiger partial charge on any atom is 0.338 e. The van der Waals surface area contributed by atoms with Crippen LogP contribution >= 0.6 is 11.6 Å². The molecule has 1 aliphatic rings. The van der Waals surface area contributed by atoms with Crippen LogP contribution < -0.4 is 4.90 Å². The molecule has 2 aromatic rings. The van der Waals surface area contributed by atoms with Gasteiger partial charge in [-0.25, -0.2) is 9.18 Å². The first-order valence-corrected chi connectivity index (χ1v) is 8.62. The Bertz CT molecular complexity index is 790. The van der Waals surface area contributed by atoms with Crippen LogP contribution in [0, 0.1) is 5.82 Å². The molecule has 0 aromatic heterocycles. The summed E-state index contributed by atoms with van der Waals surface area (Å²) in [6, 6.07) is 12.6. The molecule has 0 radical (unpaired) electrons. The molecule has 0 N–H and O–H groups in total. The average Bonchev–Trinajstić information content (AvgIpc) is 2.67. The molecule has 136 valence electrons. The van der Waals surface area contributed by atoms with Gasteiger partial charge in [-0.1, -0.05) is 23.7 Å². The SMILES string of the molecule is O=C(OCC(=O)N1CCN(c2ccccc2Cl)CC1)c1ccc(F)cc1. The number of hydrogen-bond donors (Lipinski definition) is 0. The highest BCUT2D eigenvalue weighted by Crippen LogP contribution is 2.26. The van der Waals surface area contributed by atoms with E-state index in [1.807, 2.05) is 24.3 Å². The van der Waals surface area contributed by atoms with Gasteiger partial charge in [-0.2, -0.15) is 0 Å². The number of nitrogens with zero attached hydrogens (tertiary/aromatic N) is 2. The zero-order valence-electron chi connectivity index (χ0n) is 14.0.